The zero-order chi connectivity index (χ0) is 21.6. The van der Waals surface area contributed by atoms with Crippen LogP contribution in [0.1, 0.15) is 43.6 Å². The van der Waals surface area contributed by atoms with Crippen LogP contribution >= 0.6 is 0 Å². The van der Waals surface area contributed by atoms with Crippen LogP contribution in [0.2, 0.25) is 0 Å². The molecule has 1 atom stereocenters. The molecule has 0 saturated heterocycles. The van der Waals surface area contributed by atoms with E-state index in [9.17, 15) is 14.4 Å². The number of hydrogen-bond donors (Lipinski definition) is 1. The second-order valence-electron chi connectivity index (χ2n) is 7.80. The Morgan fingerprint density at radius 2 is 1.55 bits per heavy atom. The summed E-state index contributed by atoms with van der Waals surface area (Å²) in [7, 11) is 1.57. The fraction of sp³-hybridized carbons (Fsp3) is 0.348. The highest BCUT2D eigenvalue weighted by molar-refractivity contribution is 6.01. The van der Waals surface area contributed by atoms with Gasteiger partial charge in [-0.25, -0.2) is 0 Å². The number of ketones is 1. The van der Waals surface area contributed by atoms with Crippen LogP contribution in [0, 0.1) is 5.41 Å². The highest BCUT2D eigenvalue weighted by atomic mass is 16.5. The minimum Gasteiger partial charge on any atom is -0.497 e. The molecule has 0 aromatic heterocycles. The molecule has 2 aromatic rings. The molecule has 0 bridgehead atoms. The van der Waals surface area contributed by atoms with Crippen LogP contribution in [0.5, 0.6) is 5.75 Å². The lowest BCUT2D eigenvalue weighted by Crippen LogP contribution is -2.27. The topological polar surface area (TPSA) is 81.7 Å². The smallest absolute Gasteiger partial charge is 0.310 e. The fourth-order valence-electron chi connectivity index (χ4n) is 2.47. The Labute approximate surface area is 171 Å². The molecule has 0 saturated carbocycles. The number of nitrogens with one attached hydrogen (secondary N) is 1. The van der Waals surface area contributed by atoms with Crippen LogP contribution in [0.25, 0.3) is 0 Å². The van der Waals surface area contributed by atoms with Crippen LogP contribution in [-0.2, 0) is 20.7 Å². The molecular formula is C23H27NO5. The van der Waals surface area contributed by atoms with E-state index in [2.05, 4.69) is 5.32 Å². The molecular weight excluding hydrogens is 370 g/mol. The zero-order valence-corrected chi connectivity index (χ0v) is 17.4. The summed E-state index contributed by atoms with van der Waals surface area (Å²) in [6, 6.07) is 13.6. The van der Waals surface area contributed by atoms with Crippen LogP contribution in [0.3, 0.4) is 0 Å². The van der Waals surface area contributed by atoms with E-state index in [1.54, 1.807) is 62.6 Å². The number of Topliss-reactive ketones (excluding diaryl/α,β-unsaturated/α-hetero) is 1. The number of ether oxygens (including phenoxy) is 2. The van der Waals surface area contributed by atoms with Crippen molar-refractivity contribution in [3.8, 4) is 5.75 Å². The van der Waals surface area contributed by atoms with Crippen LogP contribution in [-0.4, -0.2) is 30.9 Å². The molecule has 0 spiro atoms. The lowest BCUT2D eigenvalue weighted by atomic mass is 9.95. The van der Waals surface area contributed by atoms with E-state index < -0.39 is 17.5 Å². The van der Waals surface area contributed by atoms with Gasteiger partial charge in [-0.05, 0) is 48.9 Å². The number of carbonyl (C=O) groups is 3. The minimum atomic E-state index is -0.907. The van der Waals surface area contributed by atoms with Gasteiger partial charge < -0.3 is 14.8 Å². The molecule has 0 fully saturated rings. The molecule has 0 unspecified atom stereocenters. The number of hydrogen-bond acceptors (Lipinski definition) is 5. The number of carbonyl (C=O) groups excluding carboxylic acids is 3. The van der Waals surface area contributed by atoms with Crippen molar-refractivity contribution in [1.82, 2.24) is 0 Å². The lowest BCUT2D eigenvalue weighted by Gasteiger charge is -2.18. The molecule has 154 valence electrons. The normalized spacial score (nSPS) is 12.0. The van der Waals surface area contributed by atoms with Crippen molar-refractivity contribution in [1.29, 1.82) is 0 Å². The van der Waals surface area contributed by atoms with Gasteiger partial charge in [0.1, 0.15) is 5.75 Å². The van der Waals surface area contributed by atoms with E-state index in [4.69, 9.17) is 9.47 Å². The van der Waals surface area contributed by atoms with Gasteiger partial charge in [0.05, 0.1) is 13.5 Å². The van der Waals surface area contributed by atoms with Gasteiger partial charge in [0.2, 0.25) is 11.7 Å². The average Bonchev–Trinajstić information content (AvgIpc) is 2.67. The highest BCUT2D eigenvalue weighted by Crippen LogP contribution is 2.19. The summed E-state index contributed by atoms with van der Waals surface area (Å²) < 4.78 is 10.4. The molecule has 0 aliphatic carbocycles. The highest BCUT2D eigenvalue weighted by Gasteiger charge is 2.22. The largest absolute Gasteiger partial charge is 0.497 e. The third-order valence-corrected chi connectivity index (χ3v) is 4.29. The maximum absolute atomic E-state index is 12.5. The third kappa shape index (κ3) is 6.45. The van der Waals surface area contributed by atoms with E-state index in [-0.39, 0.29) is 18.1 Å². The van der Waals surface area contributed by atoms with E-state index in [1.807, 2.05) is 20.8 Å². The van der Waals surface area contributed by atoms with Gasteiger partial charge in [-0.2, -0.15) is 0 Å². The molecule has 0 aliphatic heterocycles. The minimum absolute atomic E-state index is 0.0688. The van der Waals surface area contributed by atoms with Gasteiger partial charge in [-0.15, -0.1) is 0 Å². The van der Waals surface area contributed by atoms with E-state index >= 15 is 0 Å². The molecule has 6 heteroatoms. The molecule has 0 heterocycles. The van der Waals surface area contributed by atoms with Gasteiger partial charge >= 0.3 is 5.97 Å². The Kier molecular flexibility index (Phi) is 7.15. The maximum Gasteiger partial charge on any atom is 0.310 e. The average molecular weight is 397 g/mol. The molecule has 1 N–H and O–H groups in total. The molecule has 29 heavy (non-hydrogen) atoms. The Balaban J connectivity index is 1.93. The summed E-state index contributed by atoms with van der Waals surface area (Å²) in [5.41, 5.74) is 1.27. The van der Waals surface area contributed by atoms with Gasteiger partial charge in [-0.3, -0.25) is 14.4 Å². The van der Waals surface area contributed by atoms with Crippen molar-refractivity contribution in [2.45, 2.75) is 40.2 Å². The van der Waals surface area contributed by atoms with Gasteiger partial charge in [-0.1, -0.05) is 32.9 Å². The van der Waals surface area contributed by atoms with E-state index in [0.29, 0.717) is 17.0 Å². The summed E-state index contributed by atoms with van der Waals surface area (Å²) >= 11 is 0. The Morgan fingerprint density at radius 1 is 0.966 bits per heavy atom. The van der Waals surface area contributed by atoms with E-state index in [0.717, 1.165) is 5.56 Å². The maximum atomic E-state index is 12.5. The van der Waals surface area contributed by atoms with E-state index in [1.165, 1.54) is 0 Å². The summed E-state index contributed by atoms with van der Waals surface area (Å²) in [6.45, 7) is 7.01. The second-order valence-corrected chi connectivity index (χ2v) is 7.80. The van der Waals surface area contributed by atoms with Crippen molar-refractivity contribution < 1.29 is 23.9 Å². The summed E-state index contributed by atoms with van der Waals surface area (Å²) in [4.78, 5) is 36.7. The first kappa shape index (κ1) is 22.1. The number of amides is 1. The molecule has 2 rings (SSSR count). The van der Waals surface area contributed by atoms with Crippen molar-refractivity contribution in [3.05, 3.63) is 59.7 Å². The first-order valence-corrected chi connectivity index (χ1v) is 9.38. The summed E-state index contributed by atoms with van der Waals surface area (Å²) in [5, 5.41) is 2.80. The molecule has 0 radical (unpaired) electrons. The standard InChI is InChI=1S/C23H27NO5/c1-15(29-20(25)14-16-6-12-19(28-5)13-7-16)21(26)17-8-10-18(11-9-17)24-22(27)23(2,3)4/h6-13,15H,14H2,1-5H3,(H,24,27)/t15-/m0/s1. The number of anilines is 1. The lowest BCUT2D eigenvalue weighted by molar-refractivity contribution is -0.145. The monoisotopic (exact) mass is 397 g/mol. The van der Waals surface area contributed by atoms with Gasteiger partial charge in [0.25, 0.3) is 0 Å². The number of methoxy groups -OCH3 is 1. The number of benzene rings is 2. The van der Waals surface area contributed by atoms with Gasteiger partial charge in [0, 0.05) is 16.7 Å². The predicted molar refractivity (Wildman–Crippen MR) is 111 cm³/mol. The quantitative estimate of drug-likeness (QED) is 0.563. The fourth-order valence-corrected chi connectivity index (χ4v) is 2.47. The molecule has 2 aromatic carbocycles. The Hall–Kier alpha value is -3.15. The number of esters is 1. The van der Waals surface area contributed by atoms with Crippen LogP contribution < -0.4 is 10.1 Å². The SMILES string of the molecule is COc1ccc(CC(=O)O[C@@H](C)C(=O)c2ccc(NC(=O)C(C)(C)C)cc2)cc1. The predicted octanol–water partition coefficient (Wildman–Crippen LogP) is 4.04. The third-order valence-electron chi connectivity index (χ3n) is 4.29. The van der Waals surface area contributed by atoms with Crippen molar-refractivity contribution in [3.63, 3.8) is 0 Å². The molecule has 1 amide bonds. The van der Waals surface area contributed by atoms with Crippen LogP contribution in [0.4, 0.5) is 5.69 Å². The summed E-state index contributed by atoms with van der Waals surface area (Å²) in [5.74, 6) is -0.197. The second kappa shape index (κ2) is 9.37. The van der Waals surface area contributed by atoms with Gasteiger partial charge in [0.15, 0.2) is 6.10 Å². The van der Waals surface area contributed by atoms with Crippen molar-refractivity contribution in [2.24, 2.45) is 5.41 Å². The summed E-state index contributed by atoms with van der Waals surface area (Å²) in [6.07, 6.45) is -0.838. The molecule has 6 nitrogen and oxygen atoms in total. The Morgan fingerprint density at radius 3 is 2.07 bits per heavy atom. The first-order chi connectivity index (χ1) is 13.6. The molecule has 0 aliphatic rings. The van der Waals surface area contributed by atoms with Crippen molar-refractivity contribution >= 4 is 23.3 Å². The number of rotatable bonds is 7. The first-order valence-electron chi connectivity index (χ1n) is 9.38. The zero-order valence-electron chi connectivity index (χ0n) is 17.4. The Bertz CT molecular complexity index is 864. The van der Waals surface area contributed by atoms with Crippen molar-refractivity contribution in [2.75, 3.05) is 12.4 Å². The van der Waals surface area contributed by atoms with Crippen LogP contribution in [0.15, 0.2) is 48.5 Å².